The Hall–Kier alpha value is -3.67. The van der Waals surface area contributed by atoms with Gasteiger partial charge in [0.2, 0.25) is 0 Å². The molecule has 3 aromatic rings. The maximum atomic E-state index is 14.7. The summed E-state index contributed by atoms with van der Waals surface area (Å²) in [5, 5.41) is 2.66. The van der Waals surface area contributed by atoms with Gasteiger partial charge in [-0.2, -0.15) is 0 Å². The van der Waals surface area contributed by atoms with Crippen molar-refractivity contribution in [3.63, 3.8) is 0 Å². The molecule has 0 atom stereocenters. The monoisotopic (exact) mass is 554 g/mol. The number of carbonyl (C=O) groups excluding carboxylic acids is 3. The zero-order chi connectivity index (χ0) is 26.6. The first-order chi connectivity index (χ1) is 16.9. The number of sulfonamides is 1. The molecule has 0 aromatic heterocycles. The number of nitrogens with one attached hydrogen (secondary N) is 2. The predicted octanol–water partition coefficient (Wildman–Crippen LogP) is 4.76. The molecule has 36 heavy (non-hydrogen) atoms. The van der Waals surface area contributed by atoms with E-state index in [0.717, 1.165) is 38.5 Å². The zero-order valence-corrected chi connectivity index (χ0v) is 20.9. The van der Waals surface area contributed by atoms with Crippen LogP contribution in [0.3, 0.4) is 0 Å². The summed E-state index contributed by atoms with van der Waals surface area (Å²) in [4.78, 5) is 35.8. The predicted molar refractivity (Wildman–Crippen MR) is 131 cm³/mol. The lowest BCUT2D eigenvalue weighted by Crippen LogP contribution is -2.16. The van der Waals surface area contributed by atoms with E-state index in [1.54, 1.807) is 0 Å². The van der Waals surface area contributed by atoms with E-state index in [1.807, 2.05) is 0 Å². The second-order valence-electron chi connectivity index (χ2n) is 7.11. The largest absolute Gasteiger partial charge is 0.465 e. The molecular formula is C23H17Cl2FN2O7S. The van der Waals surface area contributed by atoms with Gasteiger partial charge in [0, 0.05) is 5.02 Å². The molecule has 0 aliphatic heterocycles. The third-order valence-electron chi connectivity index (χ3n) is 4.70. The summed E-state index contributed by atoms with van der Waals surface area (Å²) in [5.41, 5.74) is -0.684. The number of hydrogen-bond donors (Lipinski definition) is 2. The Morgan fingerprint density at radius 2 is 1.47 bits per heavy atom. The standard InChI is InChI=1S/C23H17Cl2FN2O7S/c1-34-22(30)12-7-13(23(31)35-2)9-15(8-12)28-36(32,33)16-4-6-20(19(26)11-16)27-21(29)17-5-3-14(24)10-18(17)25/h3-11,28H,1-2H3,(H,27,29). The molecule has 0 fully saturated rings. The number of amides is 1. The number of rotatable bonds is 7. The summed E-state index contributed by atoms with van der Waals surface area (Å²) in [6.45, 7) is 0. The van der Waals surface area contributed by atoms with Crippen LogP contribution in [0.2, 0.25) is 10.0 Å². The van der Waals surface area contributed by atoms with E-state index in [1.165, 1.54) is 24.3 Å². The second kappa shape index (κ2) is 10.9. The molecular weight excluding hydrogens is 538 g/mol. The number of benzene rings is 3. The van der Waals surface area contributed by atoms with E-state index in [-0.39, 0.29) is 33.1 Å². The molecule has 3 rings (SSSR count). The van der Waals surface area contributed by atoms with E-state index in [9.17, 15) is 27.2 Å². The molecule has 0 spiro atoms. The van der Waals surface area contributed by atoms with Crippen molar-refractivity contribution in [2.75, 3.05) is 24.3 Å². The number of anilines is 2. The Morgan fingerprint density at radius 1 is 0.861 bits per heavy atom. The molecule has 0 unspecified atom stereocenters. The van der Waals surface area contributed by atoms with Gasteiger partial charge in [0.25, 0.3) is 15.9 Å². The highest BCUT2D eigenvalue weighted by Gasteiger charge is 2.21. The zero-order valence-electron chi connectivity index (χ0n) is 18.6. The summed E-state index contributed by atoms with van der Waals surface area (Å²) in [5.74, 6) is -3.43. The van der Waals surface area contributed by atoms with Gasteiger partial charge in [-0.25, -0.2) is 22.4 Å². The Kier molecular flexibility index (Phi) is 8.18. The second-order valence-corrected chi connectivity index (χ2v) is 9.63. The van der Waals surface area contributed by atoms with E-state index < -0.39 is 38.6 Å². The van der Waals surface area contributed by atoms with Crippen LogP contribution in [-0.2, 0) is 19.5 Å². The molecule has 2 N–H and O–H groups in total. The van der Waals surface area contributed by atoms with Crippen molar-refractivity contribution in [3.05, 3.63) is 87.2 Å². The van der Waals surface area contributed by atoms with E-state index in [4.69, 9.17) is 23.2 Å². The van der Waals surface area contributed by atoms with Crippen LogP contribution in [0, 0.1) is 5.82 Å². The number of methoxy groups -OCH3 is 2. The van der Waals surface area contributed by atoms with Gasteiger partial charge >= 0.3 is 11.9 Å². The van der Waals surface area contributed by atoms with Crippen LogP contribution < -0.4 is 10.0 Å². The number of ether oxygens (including phenoxy) is 2. The Balaban J connectivity index is 1.88. The summed E-state index contributed by atoms with van der Waals surface area (Å²) in [7, 11) is -2.16. The van der Waals surface area contributed by atoms with Crippen LogP contribution in [0.1, 0.15) is 31.1 Å². The van der Waals surface area contributed by atoms with Crippen molar-refractivity contribution < 1.29 is 36.7 Å². The minimum Gasteiger partial charge on any atom is -0.465 e. The minimum absolute atomic E-state index is 0.0331. The molecule has 9 nitrogen and oxygen atoms in total. The molecule has 0 heterocycles. The van der Waals surface area contributed by atoms with Crippen molar-refractivity contribution in [3.8, 4) is 0 Å². The van der Waals surface area contributed by atoms with Gasteiger partial charge in [-0.05, 0) is 54.6 Å². The first-order valence-corrected chi connectivity index (χ1v) is 12.1. The Morgan fingerprint density at radius 3 is 2.00 bits per heavy atom. The number of carbonyl (C=O) groups is 3. The first kappa shape index (κ1) is 26.9. The molecule has 0 saturated heterocycles. The van der Waals surface area contributed by atoms with Gasteiger partial charge in [0.1, 0.15) is 5.82 Å². The van der Waals surface area contributed by atoms with Crippen LogP contribution >= 0.6 is 23.2 Å². The van der Waals surface area contributed by atoms with Gasteiger partial charge in [-0.1, -0.05) is 23.2 Å². The van der Waals surface area contributed by atoms with Crippen LogP contribution in [0.25, 0.3) is 0 Å². The molecule has 0 aliphatic rings. The summed E-state index contributed by atoms with van der Waals surface area (Å²) >= 11 is 11.8. The molecule has 188 valence electrons. The average Bonchev–Trinajstić information content (AvgIpc) is 2.83. The lowest BCUT2D eigenvalue weighted by atomic mass is 10.1. The molecule has 0 saturated carbocycles. The van der Waals surface area contributed by atoms with E-state index >= 15 is 0 Å². The number of esters is 2. The van der Waals surface area contributed by atoms with Crippen molar-refractivity contribution in [1.82, 2.24) is 0 Å². The fourth-order valence-electron chi connectivity index (χ4n) is 3.00. The lowest BCUT2D eigenvalue weighted by molar-refractivity contribution is 0.0599. The van der Waals surface area contributed by atoms with Crippen LogP contribution in [-0.4, -0.2) is 40.5 Å². The maximum Gasteiger partial charge on any atom is 0.337 e. The fourth-order valence-corrected chi connectivity index (χ4v) is 4.55. The summed E-state index contributed by atoms with van der Waals surface area (Å²) in [6, 6.07) is 10.4. The fraction of sp³-hybridized carbons (Fsp3) is 0.0870. The van der Waals surface area contributed by atoms with Gasteiger partial charge in [-0.3, -0.25) is 9.52 Å². The highest BCUT2D eigenvalue weighted by Crippen LogP contribution is 2.26. The van der Waals surface area contributed by atoms with Crippen LogP contribution in [0.4, 0.5) is 15.8 Å². The topological polar surface area (TPSA) is 128 Å². The first-order valence-electron chi connectivity index (χ1n) is 9.85. The maximum absolute atomic E-state index is 14.7. The van der Waals surface area contributed by atoms with Crippen molar-refractivity contribution in [1.29, 1.82) is 0 Å². The summed E-state index contributed by atoms with van der Waals surface area (Å²) in [6.07, 6.45) is 0. The third-order valence-corrected chi connectivity index (χ3v) is 6.63. The molecule has 13 heteroatoms. The number of hydrogen-bond acceptors (Lipinski definition) is 7. The highest BCUT2D eigenvalue weighted by molar-refractivity contribution is 7.92. The third kappa shape index (κ3) is 6.11. The molecule has 0 bridgehead atoms. The Bertz CT molecular complexity index is 1450. The van der Waals surface area contributed by atoms with Crippen molar-refractivity contribution >= 4 is 62.4 Å². The quantitative estimate of drug-likeness (QED) is 0.403. The summed E-state index contributed by atoms with van der Waals surface area (Å²) < 4.78 is 51.8. The van der Waals surface area contributed by atoms with Gasteiger partial charge in [-0.15, -0.1) is 0 Å². The SMILES string of the molecule is COC(=O)c1cc(NS(=O)(=O)c2ccc(NC(=O)c3ccc(Cl)cc3Cl)c(F)c2)cc(C(=O)OC)c1. The van der Waals surface area contributed by atoms with E-state index in [0.29, 0.717) is 11.1 Å². The normalized spacial score (nSPS) is 10.9. The minimum atomic E-state index is -4.39. The number of halogens is 3. The van der Waals surface area contributed by atoms with Crippen molar-refractivity contribution in [2.45, 2.75) is 4.90 Å². The highest BCUT2D eigenvalue weighted by atomic mass is 35.5. The smallest absolute Gasteiger partial charge is 0.337 e. The Labute approximate surface area is 215 Å². The molecule has 3 aromatic carbocycles. The lowest BCUT2D eigenvalue weighted by Gasteiger charge is -2.13. The van der Waals surface area contributed by atoms with Gasteiger partial charge < -0.3 is 14.8 Å². The van der Waals surface area contributed by atoms with Crippen LogP contribution in [0.15, 0.2) is 59.5 Å². The van der Waals surface area contributed by atoms with E-state index in [2.05, 4.69) is 19.5 Å². The molecule has 0 aliphatic carbocycles. The van der Waals surface area contributed by atoms with Gasteiger partial charge in [0.05, 0.1) is 52.2 Å². The average molecular weight is 555 g/mol. The molecule has 1 amide bonds. The molecule has 0 radical (unpaired) electrons. The van der Waals surface area contributed by atoms with Crippen molar-refractivity contribution in [2.24, 2.45) is 0 Å². The van der Waals surface area contributed by atoms with Gasteiger partial charge in [0.15, 0.2) is 0 Å². The van der Waals surface area contributed by atoms with Crippen LogP contribution in [0.5, 0.6) is 0 Å².